The number of halogens is 3. The topological polar surface area (TPSA) is 66.9 Å². The second kappa shape index (κ2) is 10.3. The molecule has 2 unspecified atom stereocenters. The lowest BCUT2D eigenvalue weighted by atomic mass is 10.0. The molecule has 0 bridgehead atoms. The SMILES string of the molecule is C=CCCN(C(=O)C1CCCN1C(=O)C(F)(F)F)C(Cc1ccccc1)C(=O)OC. The molecule has 1 aromatic carbocycles. The number of carbonyl (C=O) groups excluding carboxylic acids is 3. The van der Waals surface area contributed by atoms with E-state index in [0.29, 0.717) is 11.3 Å². The molecule has 0 radical (unpaired) electrons. The van der Waals surface area contributed by atoms with Crippen molar-refractivity contribution in [2.24, 2.45) is 0 Å². The van der Waals surface area contributed by atoms with Gasteiger partial charge in [-0.2, -0.15) is 13.2 Å². The van der Waals surface area contributed by atoms with Gasteiger partial charge in [-0.1, -0.05) is 36.4 Å². The van der Waals surface area contributed by atoms with Crippen molar-refractivity contribution in [1.29, 1.82) is 0 Å². The zero-order valence-corrected chi connectivity index (χ0v) is 16.7. The predicted molar refractivity (Wildman–Crippen MR) is 103 cm³/mol. The molecule has 9 heteroatoms. The normalized spacial score (nSPS) is 17.3. The number of likely N-dealkylation sites (tertiary alicyclic amines) is 1. The molecule has 1 fully saturated rings. The van der Waals surface area contributed by atoms with E-state index in [4.69, 9.17) is 4.74 Å². The van der Waals surface area contributed by atoms with E-state index in [0.717, 1.165) is 5.56 Å². The zero-order chi connectivity index (χ0) is 22.3. The molecule has 0 aliphatic carbocycles. The van der Waals surface area contributed by atoms with Crippen molar-refractivity contribution in [2.75, 3.05) is 20.2 Å². The van der Waals surface area contributed by atoms with E-state index in [-0.39, 0.29) is 32.4 Å². The van der Waals surface area contributed by atoms with E-state index in [2.05, 4.69) is 6.58 Å². The van der Waals surface area contributed by atoms with Gasteiger partial charge in [0.15, 0.2) is 0 Å². The summed E-state index contributed by atoms with van der Waals surface area (Å²) in [7, 11) is 1.19. The van der Waals surface area contributed by atoms with Crippen molar-refractivity contribution in [3.63, 3.8) is 0 Å². The number of benzene rings is 1. The van der Waals surface area contributed by atoms with Gasteiger partial charge in [-0.05, 0) is 24.8 Å². The van der Waals surface area contributed by atoms with E-state index >= 15 is 0 Å². The number of alkyl halides is 3. The van der Waals surface area contributed by atoms with Crippen molar-refractivity contribution < 1.29 is 32.3 Å². The Bertz CT molecular complexity index is 767. The molecule has 0 N–H and O–H groups in total. The maximum absolute atomic E-state index is 13.3. The van der Waals surface area contributed by atoms with Gasteiger partial charge >= 0.3 is 18.1 Å². The molecule has 2 atom stereocenters. The highest BCUT2D eigenvalue weighted by Gasteiger charge is 2.49. The summed E-state index contributed by atoms with van der Waals surface area (Å²) in [5, 5.41) is 0. The van der Waals surface area contributed by atoms with Gasteiger partial charge in [-0.3, -0.25) is 9.59 Å². The molecular formula is C21H25F3N2O4. The number of ether oxygens (including phenoxy) is 1. The van der Waals surface area contributed by atoms with Crippen LogP contribution < -0.4 is 0 Å². The van der Waals surface area contributed by atoms with Crippen LogP contribution in [0.1, 0.15) is 24.8 Å². The Morgan fingerprint density at radius 2 is 1.97 bits per heavy atom. The Hall–Kier alpha value is -2.84. The molecule has 1 aliphatic rings. The number of esters is 1. The van der Waals surface area contributed by atoms with E-state index < -0.39 is 36.0 Å². The summed E-state index contributed by atoms with van der Waals surface area (Å²) in [5.41, 5.74) is 0.763. The monoisotopic (exact) mass is 426 g/mol. The highest BCUT2D eigenvalue weighted by atomic mass is 19.4. The number of rotatable bonds is 8. The minimum absolute atomic E-state index is 0.0689. The third-order valence-corrected chi connectivity index (χ3v) is 5.02. The second-order valence-electron chi connectivity index (χ2n) is 6.99. The summed E-state index contributed by atoms with van der Waals surface area (Å²) in [4.78, 5) is 39.3. The molecule has 2 rings (SSSR count). The largest absolute Gasteiger partial charge is 0.471 e. The van der Waals surface area contributed by atoms with Crippen LogP contribution in [-0.4, -0.2) is 66.0 Å². The van der Waals surface area contributed by atoms with Gasteiger partial charge < -0.3 is 14.5 Å². The maximum atomic E-state index is 13.3. The van der Waals surface area contributed by atoms with Gasteiger partial charge in [0.05, 0.1) is 7.11 Å². The van der Waals surface area contributed by atoms with E-state index in [9.17, 15) is 27.6 Å². The summed E-state index contributed by atoms with van der Waals surface area (Å²) < 4.78 is 43.8. The minimum atomic E-state index is -5.07. The Balaban J connectivity index is 2.34. The van der Waals surface area contributed by atoms with Crippen molar-refractivity contribution >= 4 is 17.8 Å². The van der Waals surface area contributed by atoms with Gasteiger partial charge in [0, 0.05) is 19.5 Å². The summed E-state index contributed by atoms with van der Waals surface area (Å²) in [6.45, 7) is 3.51. The molecule has 1 saturated heterocycles. The Labute approximate surface area is 173 Å². The molecule has 2 amide bonds. The highest BCUT2D eigenvalue weighted by Crippen LogP contribution is 2.27. The number of methoxy groups -OCH3 is 1. The first-order chi connectivity index (χ1) is 14.2. The summed E-state index contributed by atoms with van der Waals surface area (Å²) in [6.07, 6.45) is -2.69. The predicted octanol–water partition coefficient (Wildman–Crippen LogP) is 2.73. The van der Waals surface area contributed by atoms with Gasteiger partial charge in [0.25, 0.3) is 0 Å². The number of hydrogen-bond acceptors (Lipinski definition) is 4. The van der Waals surface area contributed by atoms with Crippen LogP contribution in [0.2, 0.25) is 0 Å². The van der Waals surface area contributed by atoms with Crippen molar-refractivity contribution in [1.82, 2.24) is 9.80 Å². The van der Waals surface area contributed by atoms with Crippen LogP contribution in [0.25, 0.3) is 0 Å². The Morgan fingerprint density at radius 3 is 2.53 bits per heavy atom. The Kier molecular flexibility index (Phi) is 8.02. The fourth-order valence-electron chi connectivity index (χ4n) is 3.56. The molecule has 1 aromatic rings. The summed E-state index contributed by atoms with van der Waals surface area (Å²) in [5.74, 6) is -3.42. The first-order valence-electron chi connectivity index (χ1n) is 9.61. The number of hydrogen-bond donors (Lipinski definition) is 0. The molecule has 0 aromatic heterocycles. The lowest BCUT2D eigenvalue weighted by molar-refractivity contribution is -0.187. The molecule has 1 heterocycles. The highest BCUT2D eigenvalue weighted by molar-refractivity contribution is 5.92. The number of nitrogens with zero attached hydrogens (tertiary/aromatic N) is 2. The first-order valence-corrected chi connectivity index (χ1v) is 9.61. The molecule has 6 nitrogen and oxygen atoms in total. The first kappa shape index (κ1) is 23.4. The standard InChI is InChI=1S/C21H25F3N2O4/c1-3-4-12-25(17(19(28)30-2)14-15-9-6-5-7-10-15)18(27)16-11-8-13-26(16)20(29)21(22,23)24/h3,5-7,9-10,16-17H,1,4,8,11-14H2,2H3. The summed E-state index contributed by atoms with van der Waals surface area (Å²) in [6, 6.07) is 6.61. The number of carbonyl (C=O) groups is 3. The average molecular weight is 426 g/mol. The van der Waals surface area contributed by atoms with E-state index in [1.54, 1.807) is 36.4 Å². The second-order valence-corrected chi connectivity index (χ2v) is 6.99. The Morgan fingerprint density at radius 1 is 1.30 bits per heavy atom. The van der Waals surface area contributed by atoms with Crippen molar-refractivity contribution in [3.8, 4) is 0 Å². The van der Waals surface area contributed by atoms with Crippen LogP contribution in [-0.2, 0) is 25.5 Å². The fraction of sp³-hybridized carbons (Fsp3) is 0.476. The van der Waals surface area contributed by atoms with Crippen LogP contribution in [0.5, 0.6) is 0 Å². The molecule has 1 aliphatic heterocycles. The van der Waals surface area contributed by atoms with Gasteiger partial charge in [-0.25, -0.2) is 4.79 Å². The van der Waals surface area contributed by atoms with Crippen LogP contribution >= 0.6 is 0 Å². The molecular weight excluding hydrogens is 401 g/mol. The molecule has 164 valence electrons. The smallest absolute Gasteiger partial charge is 0.467 e. The third kappa shape index (κ3) is 5.61. The maximum Gasteiger partial charge on any atom is 0.471 e. The van der Waals surface area contributed by atoms with Crippen LogP contribution in [0, 0.1) is 0 Å². The third-order valence-electron chi connectivity index (χ3n) is 5.02. The summed E-state index contributed by atoms with van der Waals surface area (Å²) >= 11 is 0. The quantitative estimate of drug-likeness (QED) is 0.474. The van der Waals surface area contributed by atoms with Crippen LogP contribution in [0.3, 0.4) is 0 Å². The van der Waals surface area contributed by atoms with Crippen LogP contribution in [0.4, 0.5) is 13.2 Å². The lowest BCUT2D eigenvalue weighted by Gasteiger charge is -2.34. The average Bonchev–Trinajstić information content (AvgIpc) is 3.21. The molecule has 0 saturated carbocycles. The van der Waals surface area contributed by atoms with Crippen molar-refractivity contribution in [3.05, 3.63) is 48.6 Å². The lowest BCUT2D eigenvalue weighted by Crippen LogP contribution is -2.56. The minimum Gasteiger partial charge on any atom is -0.467 e. The molecule has 0 spiro atoms. The van der Waals surface area contributed by atoms with Gasteiger partial charge in [-0.15, -0.1) is 6.58 Å². The van der Waals surface area contributed by atoms with Crippen molar-refractivity contribution in [2.45, 2.75) is 43.9 Å². The fourth-order valence-corrected chi connectivity index (χ4v) is 3.56. The number of amides is 2. The van der Waals surface area contributed by atoms with E-state index in [1.807, 2.05) is 0 Å². The van der Waals surface area contributed by atoms with Gasteiger partial charge in [0.1, 0.15) is 12.1 Å². The van der Waals surface area contributed by atoms with Gasteiger partial charge in [0.2, 0.25) is 5.91 Å². The molecule has 30 heavy (non-hydrogen) atoms. The van der Waals surface area contributed by atoms with Crippen LogP contribution in [0.15, 0.2) is 43.0 Å². The van der Waals surface area contributed by atoms with E-state index in [1.165, 1.54) is 12.0 Å². The zero-order valence-electron chi connectivity index (χ0n) is 16.7.